The number of nitrogens with zero attached hydrogens (tertiary/aromatic N) is 1. The molecule has 0 aliphatic heterocycles. The molecule has 0 spiro atoms. The van der Waals surface area contributed by atoms with E-state index >= 15 is 0 Å². The molecule has 5 nitrogen and oxygen atoms in total. The first-order valence-corrected chi connectivity index (χ1v) is 6.66. The maximum atomic E-state index is 10.6. The second kappa shape index (κ2) is 8.95. The molecular weight excluding hydrogens is 381 g/mol. The van der Waals surface area contributed by atoms with Gasteiger partial charge in [-0.3, -0.25) is 0 Å². The predicted molar refractivity (Wildman–Crippen MR) is 96.0 cm³/mol. The van der Waals surface area contributed by atoms with Gasteiger partial charge in [0.15, 0.2) is 5.96 Å². The van der Waals surface area contributed by atoms with Gasteiger partial charge in [0, 0.05) is 12.1 Å². The third-order valence-electron chi connectivity index (χ3n) is 2.87. The molecule has 0 saturated heterocycles. The summed E-state index contributed by atoms with van der Waals surface area (Å²) in [7, 11) is 0. The number of furan rings is 1. The highest BCUT2D eigenvalue weighted by molar-refractivity contribution is 14.0. The summed E-state index contributed by atoms with van der Waals surface area (Å²) in [5.74, 6) is 4.56. The Morgan fingerprint density at radius 3 is 2.62 bits per heavy atom. The van der Waals surface area contributed by atoms with Crippen molar-refractivity contribution in [3.05, 3.63) is 23.2 Å². The van der Waals surface area contributed by atoms with Crippen molar-refractivity contribution < 1.29 is 9.52 Å². The third kappa shape index (κ3) is 5.98. The zero-order chi connectivity index (χ0) is 15.2. The number of hydrogen-bond donors (Lipinski definition) is 3. The van der Waals surface area contributed by atoms with Crippen molar-refractivity contribution in [2.45, 2.75) is 33.3 Å². The molecule has 1 unspecified atom stereocenters. The molecule has 21 heavy (non-hydrogen) atoms. The number of hydrogen-bond acceptors (Lipinski definition) is 3. The van der Waals surface area contributed by atoms with E-state index in [1.807, 2.05) is 26.8 Å². The lowest BCUT2D eigenvalue weighted by Gasteiger charge is -2.21. The highest BCUT2D eigenvalue weighted by atomic mass is 127. The minimum Gasteiger partial charge on any atom is -0.466 e. The Balaban J connectivity index is 0.00000400. The number of halogens is 1. The first-order chi connectivity index (χ1) is 9.40. The van der Waals surface area contributed by atoms with E-state index in [0.29, 0.717) is 18.3 Å². The van der Waals surface area contributed by atoms with Crippen LogP contribution in [0.1, 0.15) is 30.9 Å². The highest BCUT2D eigenvalue weighted by Gasteiger charge is 2.27. The Labute approximate surface area is 143 Å². The van der Waals surface area contributed by atoms with E-state index in [9.17, 15) is 5.11 Å². The number of guanidine groups is 1. The lowest BCUT2D eigenvalue weighted by molar-refractivity contribution is 0.0657. The molecule has 3 N–H and O–H groups in total. The molecule has 0 bridgehead atoms. The van der Waals surface area contributed by atoms with Crippen LogP contribution in [0, 0.1) is 26.2 Å². The second-order valence-corrected chi connectivity index (χ2v) is 4.85. The van der Waals surface area contributed by atoms with Gasteiger partial charge in [-0.15, -0.1) is 30.4 Å². The SMILES string of the molecule is C#CCNC(=NCC(C)(O)c1cc(C)oc1C)NCC.I. The number of aryl methyl sites for hydroxylation is 2. The van der Waals surface area contributed by atoms with Gasteiger partial charge in [0.25, 0.3) is 0 Å². The van der Waals surface area contributed by atoms with Gasteiger partial charge in [0.2, 0.25) is 0 Å². The minimum atomic E-state index is -1.08. The standard InChI is InChI=1S/C15H23N3O2.HI/c1-6-8-17-14(16-7-2)18-10-15(5,19)13-9-11(3)20-12(13)4;/h1,9,19H,7-8,10H2,2-5H3,(H2,16,17,18);1H. The molecule has 1 aromatic heterocycles. The van der Waals surface area contributed by atoms with Crippen LogP contribution < -0.4 is 10.6 Å². The normalized spacial score (nSPS) is 13.8. The van der Waals surface area contributed by atoms with Crippen molar-refractivity contribution in [2.24, 2.45) is 4.99 Å². The van der Waals surface area contributed by atoms with E-state index in [2.05, 4.69) is 21.5 Å². The van der Waals surface area contributed by atoms with Gasteiger partial charge in [0.05, 0.1) is 13.1 Å². The fourth-order valence-electron chi connectivity index (χ4n) is 1.96. The number of nitrogens with one attached hydrogen (secondary N) is 2. The summed E-state index contributed by atoms with van der Waals surface area (Å²) >= 11 is 0. The third-order valence-corrected chi connectivity index (χ3v) is 2.87. The lowest BCUT2D eigenvalue weighted by atomic mass is 9.96. The average Bonchev–Trinajstić information content (AvgIpc) is 2.73. The molecule has 0 aliphatic carbocycles. The molecule has 1 atom stereocenters. The summed E-state index contributed by atoms with van der Waals surface area (Å²) in [6, 6.07) is 1.84. The maximum absolute atomic E-state index is 10.6. The Hall–Kier alpha value is -1.20. The summed E-state index contributed by atoms with van der Waals surface area (Å²) in [4.78, 5) is 4.36. The summed E-state index contributed by atoms with van der Waals surface area (Å²) in [5, 5.41) is 16.6. The molecule has 1 aromatic rings. The van der Waals surface area contributed by atoms with Crippen molar-refractivity contribution in [2.75, 3.05) is 19.6 Å². The van der Waals surface area contributed by atoms with Crippen molar-refractivity contribution in [1.82, 2.24) is 10.6 Å². The van der Waals surface area contributed by atoms with Gasteiger partial charge in [-0.25, -0.2) is 4.99 Å². The van der Waals surface area contributed by atoms with Crippen LogP contribution in [0.25, 0.3) is 0 Å². The molecule has 1 rings (SSSR count). The van der Waals surface area contributed by atoms with Crippen LogP contribution in [0.4, 0.5) is 0 Å². The molecule has 0 fully saturated rings. The van der Waals surface area contributed by atoms with Crippen LogP contribution in [0.3, 0.4) is 0 Å². The smallest absolute Gasteiger partial charge is 0.192 e. The zero-order valence-corrected chi connectivity index (χ0v) is 15.3. The Morgan fingerprint density at radius 2 is 2.14 bits per heavy atom. The summed E-state index contributed by atoms with van der Waals surface area (Å²) in [6.45, 7) is 8.71. The average molecular weight is 405 g/mol. The van der Waals surface area contributed by atoms with Crippen LogP contribution in [-0.4, -0.2) is 30.7 Å². The molecule has 6 heteroatoms. The Bertz CT molecular complexity index is 515. The van der Waals surface area contributed by atoms with Crippen molar-refractivity contribution >= 4 is 29.9 Å². The summed E-state index contributed by atoms with van der Waals surface area (Å²) in [5.41, 5.74) is -0.327. The predicted octanol–water partition coefficient (Wildman–Crippen LogP) is 1.91. The van der Waals surface area contributed by atoms with E-state index in [-0.39, 0.29) is 30.5 Å². The van der Waals surface area contributed by atoms with Crippen molar-refractivity contribution in [1.29, 1.82) is 0 Å². The van der Waals surface area contributed by atoms with Gasteiger partial charge in [-0.05, 0) is 33.8 Å². The Kier molecular flexibility index (Phi) is 8.44. The number of aliphatic hydroxyl groups is 1. The number of aliphatic imine (C=N–C) groups is 1. The first kappa shape index (κ1) is 19.8. The fourth-order valence-corrected chi connectivity index (χ4v) is 1.96. The summed E-state index contributed by atoms with van der Waals surface area (Å²) in [6.07, 6.45) is 5.21. The molecular formula is C15H24IN3O2. The van der Waals surface area contributed by atoms with Crippen LogP contribution in [0.2, 0.25) is 0 Å². The van der Waals surface area contributed by atoms with Gasteiger partial charge >= 0.3 is 0 Å². The molecule has 0 saturated carbocycles. The van der Waals surface area contributed by atoms with E-state index in [0.717, 1.165) is 17.9 Å². The Morgan fingerprint density at radius 1 is 1.48 bits per heavy atom. The quantitative estimate of drug-likeness (QED) is 0.303. The van der Waals surface area contributed by atoms with Crippen LogP contribution >= 0.6 is 24.0 Å². The van der Waals surface area contributed by atoms with Crippen molar-refractivity contribution in [3.63, 3.8) is 0 Å². The molecule has 0 aliphatic rings. The van der Waals surface area contributed by atoms with Gasteiger partial charge in [0.1, 0.15) is 17.1 Å². The molecule has 0 aromatic carbocycles. The minimum absolute atomic E-state index is 0. The van der Waals surface area contributed by atoms with Gasteiger partial charge < -0.3 is 20.2 Å². The van der Waals surface area contributed by atoms with E-state index in [4.69, 9.17) is 10.8 Å². The number of rotatable bonds is 5. The van der Waals surface area contributed by atoms with Crippen molar-refractivity contribution in [3.8, 4) is 12.3 Å². The van der Waals surface area contributed by atoms with Crippen LogP contribution in [-0.2, 0) is 5.60 Å². The zero-order valence-electron chi connectivity index (χ0n) is 13.0. The van der Waals surface area contributed by atoms with E-state index in [1.54, 1.807) is 6.92 Å². The fraction of sp³-hybridized carbons (Fsp3) is 0.533. The number of terminal acetylenes is 1. The van der Waals surface area contributed by atoms with Crippen LogP contribution in [0.5, 0.6) is 0 Å². The van der Waals surface area contributed by atoms with Crippen LogP contribution in [0.15, 0.2) is 15.5 Å². The first-order valence-electron chi connectivity index (χ1n) is 6.66. The molecule has 0 radical (unpaired) electrons. The monoisotopic (exact) mass is 405 g/mol. The van der Waals surface area contributed by atoms with Gasteiger partial charge in [-0.2, -0.15) is 0 Å². The van der Waals surface area contributed by atoms with E-state index < -0.39 is 5.60 Å². The van der Waals surface area contributed by atoms with E-state index in [1.165, 1.54) is 0 Å². The summed E-state index contributed by atoms with van der Waals surface area (Å²) < 4.78 is 5.45. The maximum Gasteiger partial charge on any atom is 0.192 e. The van der Waals surface area contributed by atoms with Gasteiger partial charge in [-0.1, -0.05) is 5.92 Å². The lowest BCUT2D eigenvalue weighted by Crippen LogP contribution is -2.39. The second-order valence-electron chi connectivity index (χ2n) is 4.85. The largest absolute Gasteiger partial charge is 0.466 e. The molecule has 1 heterocycles. The highest BCUT2D eigenvalue weighted by Crippen LogP contribution is 2.27. The molecule has 118 valence electrons. The molecule has 0 amide bonds. The topological polar surface area (TPSA) is 69.8 Å².